The molecule has 0 saturated carbocycles. The second-order valence-electron chi connectivity index (χ2n) is 5.47. The van der Waals surface area contributed by atoms with Crippen molar-refractivity contribution in [2.45, 2.75) is 44.1 Å². The third-order valence-corrected chi connectivity index (χ3v) is 5.27. The fourth-order valence-corrected chi connectivity index (χ4v) is 3.71. The molecule has 116 valence electrons. The van der Waals surface area contributed by atoms with E-state index in [0.29, 0.717) is 17.8 Å². The summed E-state index contributed by atoms with van der Waals surface area (Å²) in [5.41, 5.74) is 15.3. The summed E-state index contributed by atoms with van der Waals surface area (Å²) >= 11 is 1.41. The predicted molar refractivity (Wildman–Crippen MR) is 83.3 cm³/mol. The van der Waals surface area contributed by atoms with E-state index in [-0.39, 0.29) is 0 Å². The van der Waals surface area contributed by atoms with Gasteiger partial charge in [-0.25, -0.2) is 9.97 Å². The Labute approximate surface area is 130 Å². The minimum Gasteiger partial charge on any atom is -0.390 e. The molecule has 1 aliphatic heterocycles. The average molecular weight is 320 g/mol. The lowest BCUT2D eigenvalue weighted by Crippen LogP contribution is -2.39. The van der Waals surface area contributed by atoms with E-state index >= 15 is 0 Å². The van der Waals surface area contributed by atoms with Crippen LogP contribution in [0.25, 0.3) is 20.7 Å². The van der Waals surface area contributed by atoms with Gasteiger partial charge in [0, 0.05) is 10.5 Å². The first-order chi connectivity index (χ1) is 10.5. The molecule has 1 fully saturated rings. The minimum absolute atomic E-state index is 0.401. The fourth-order valence-electron chi connectivity index (χ4n) is 2.77. The topological polar surface area (TPSA) is 130 Å². The van der Waals surface area contributed by atoms with Crippen LogP contribution in [0.5, 0.6) is 0 Å². The van der Waals surface area contributed by atoms with Crippen molar-refractivity contribution in [3.05, 3.63) is 27.7 Å². The van der Waals surface area contributed by atoms with Gasteiger partial charge in [0.15, 0.2) is 0 Å². The van der Waals surface area contributed by atoms with Crippen molar-refractivity contribution in [3.8, 4) is 0 Å². The molecule has 0 spiro atoms. The molecule has 3 N–H and O–H groups in total. The van der Waals surface area contributed by atoms with E-state index in [2.05, 4.69) is 20.0 Å². The SMILES string of the molecule is CC[C@]1(C)O[C@@H](c2csc3c(N)ncnc23)C(N=[N+]=[N-])[C@@H]1O. The zero-order valence-electron chi connectivity index (χ0n) is 12.2. The van der Waals surface area contributed by atoms with Gasteiger partial charge in [0.05, 0.1) is 34.1 Å². The number of ether oxygens (including phenoxy) is 1. The second-order valence-corrected chi connectivity index (χ2v) is 6.35. The third-order valence-electron chi connectivity index (χ3n) is 4.26. The second kappa shape index (κ2) is 5.36. The molecule has 3 rings (SSSR count). The summed E-state index contributed by atoms with van der Waals surface area (Å²) in [5.74, 6) is 0.401. The van der Waals surface area contributed by atoms with Crippen molar-refractivity contribution in [2.24, 2.45) is 5.11 Å². The predicted octanol–water partition coefficient (Wildman–Crippen LogP) is 2.55. The largest absolute Gasteiger partial charge is 0.390 e. The van der Waals surface area contributed by atoms with E-state index in [1.807, 2.05) is 19.2 Å². The molecule has 0 amide bonds. The van der Waals surface area contributed by atoms with Crippen molar-refractivity contribution in [1.82, 2.24) is 9.97 Å². The third kappa shape index (κ3) is 2.10. The molecular formula is C13H16N6O2S. The lowest BCUT2D eigenvalue weighted by Gasteiger charge is -2.26. The molecule has 8 nitrogen and oxygen atoms in total. The van der Waals surface area contributed by atoms with Gasteiger partial charge >= 0.3 is 0 Å². The van der Waals surface area contributed by atoms with Gasteiger partial charge in [-0.1, -0.05) is 12.0 Å². The highest BCUT2D eigenvalue weighted by Crippen LogP contribution is 2.46. The molecule has 0 aliphatic carbocycles. The highest BCUT2D eigenvalue weighted by Gasteiger charge is 2.51. The van der Waals surface area contributed by atoms with Gasteiger partial charge in [-0.2, -0.15) is 0 Å². The summed E-state index contributed by atoms with van der Waals surface area (Å²) in [6.07, 6.45) is 0.550. The molecule has 22 heavy (non-hydrogen) atoms. The summed E-state index contributed by atoms with van der Waals surface area (Å²) < 4.78 is 6.82. The van der Waals surface area contributed by atoms with Gasteiger partial charge in [-0.3, -0.25) is 0 Å². The van der Waals surface area contributed by atoms with Crippen LogP contribution in [0.1, 0.15) is 31.9 Å². The van der Waals surface area contributed by atoms with Gasteiger partial charge in [-0.15, -0.1) is 11.3 Å². The smallest absolute Gasteiger partial charge is 0.144 e. The van der Waals surface area contributed by atoms with Crippen molar-refractivity contribution >= 4 is 27.4 Å². The lowest BCUT2D eigenvalue weighted by atomic mass is 9.92. The van der Waals surface area contributed by atoms with Crippen LogP contribution in [0.3, 0.4) is 0 Å². The Kier molecular flexibility index (Phi) is 3.65. The van der Waals surface area contributed by atoms with E-state index in [0.717, 1.165) is 10.3 Å². The van der Waals surface area contributed by atoms with Gasteiger partial charge in [0.2, 0.25) is 0 Å². The number of fused-ring (bicyclic) bond motifs is 1. The van der Waals surface area contributed by atoms with Crippen LogP contribution in [0.4, 0.5) is 5.82 Å². The number of hydrogen-bond donors (Lipinski definition) is 2. The number of nitrogens with two attached hydrogens (primary N) is 1. The first-order valence-electron chi connectivity index (χ1n) is 6.89. The van der Waals surface area contributed by atoms with Gasteiger partial charge in [-0.05, 0) is 24.3 Å². The number of hydrogen-bond acceptors (Lipinski definition) is 7. The van der Waals surface area contributed by atoms with Gasteiger partial charge in [0.1, 0.15) is 12.1 Å². The number of rotatable bonds is 3. The number of aromatic nitrogens is 2. The van der Waals surface area contributed by atoms with Crippen molar-refractivity contribution in [3.63, 3.8) is 0 Å². The number of nitrogens with zero attached hydrogens (tertiary/aromatic N) is 5. The summed E-state index contributed by atoms with van der Waals surface area (Å²) in [5, 5.41) is 16.1. The highest BCUT2D eigenvalue weighted by atomic mass is 32.1. The molecule has 2 aromatic rings. The first kappa shape index (κ1) is 15.0. The average Bonchev–Trinajstić information content (AvgIpc) is 3.04. The Morgan fingerprint density at radius 1 is 1.59 bits per heavy atom. The summed E-state index contributed by atoms with van der Waals surface area (Å²) in [6.45, 7) is 3.74. The van der Waals surface area contributed by atoms with E-state index in [4.69, 9.17) is 16.0 Å². The Bertz CT molecular complexity index is 758. The number of azide groups is 1. The Balaban J connectivity index is 2.12. The molecule has 0 bridgehead atoms. The molecule has 2 aromatic heterocycles. The van der Waals surface area contributed by atoms with Gasteiger partial charge in [0.25, 0.3) is 0 Å². The molecule has 0 aromatic carbocycles. The molecule has 9 heteroatoms. The maximum Gasteiger partial charge on any atom is 0.144 e. The van der Waals surface area contributed by atoms with Crippen LogP contribution in [0.2, 0.25) is 0 Å². The molecule has 4 atom stereocenters. The number of aliphatic hydroxyl groups excluding tert-OH is 1. The van der Waals surface area contributed by atoms with Crippen LogP contribution in [0, 0.1) is 0 Å². The van der Waals surface area contributed by atoms with Crippen LogP contribution in [-0.2, 0) is 4.74 Å². The number of anilines is 1. The highest BCUT2D eigenvalue weighted by molar-refractivity contribution is 7.17. The van der Waals surface area contributed by atoms with E-state index < -0.39 is 23.9 Å². The maximum absolute atomic E-state index is 10.5. The molecule has 1 aliphatic rings. The lowest BCUT2D eigenvalue weighted by molar-refractivity contribution is -0.0722. The Morgan fingerprint density at radius 2 is 2.36 bits per heavy atom. The number of nitrogen functional groups attached to an aromatic ring is 1. The van der Waals surface area contributed by atoms with Crippen LogP contribution in [0.15, 0.2) is 16.8 Å². The Morgan fingerprint density at radius 3 is 3.05 bits per heavy atom. The quantitative estimate of drug-likeness (QED) is 0.510. The molecule has 1 saturated heterocycles. The van der Waals surface area contributed by atoms with E-state index in [1.165, 1.54) is 17.7 Å². The maximum atomic E-state index is 10.5. The Hall–Kier alpha value is -1.93. The summed E-state index contributed by atoms with van der Waals surface area (Å²) in [4.78, 5) is 11.1. The number of aliphatic hydroxyl groups is 1. The van der Waals surface area contributed by atoms with E-state index in [1.54, 1.807) is 0 Å². The monoisotopic (exact) mass is 320 g/mol. The molecule has 1 unspecified atom stereocenters. The first-order valence-corrected chi connectivity index (χ1v) is 7.77. The van der Waals surface area contributed by atoms with Crippen LogP contribution in [-0.4, -0.2) is 32.8 Å². The van der Waals surface area contributed by atoms with Crippen molar-refractivity contribution in [1.29, 1.82) is 0 Å². The molecule has 3 heterocycles. The zero-order valence-corrected chi connectivity index (χ0v) is 13.0. The normalized spacial score (nSPS) is 31.3. The van der Waals surface area contributed by atoms with Crippen molar-refractivity contribution < 1.29 is 9.84 Å². The molecular weight excluding hydrogens is 304 g/mol. The standard InChI is InChI=1S/C13H16N6O2S/c1-3-13(2)11(20)8(18-19-15)9(21-13)6-4-22-10-7(6)16-5-17-12(10)14/h4-5,8-9,11,20H,3H2,1-2H3,(H2,14,16,17)/t8?,9-,11-,13-/m0/s1. The van der Waals surface area contributed by atoms with Gasteiger partial charge < -0.3 is 15.6 Å². The minimum atomic E-state index is -0.882. The zero-order chi connectivity index (χ0) is 15.9. The summed E-state index contributed by atoms with van der Waals surface area (Å²) in [6, 6.07) is -0.705. The van der Waals surface area contributed by atoms with Crippen LogP contribution < -0.4 is 5.73 Å². The fraction of sp³-hybridized carbons (Fsp3) is 0.538. The summed E-state index contributed by atoms with van der Waals surface area (Å²) in [7, 11) is 0. The number of thiophene rings is 1. The van der Waals surface area contributed by atoms with Crippen LogP contribution >= 0.6 is 11.3 Å². The van der Waals surface area contributed by atoms with Crippen molar-refractivity contribution in [2.75, 3.05) is 5.73 Å². The molecule has 0 radical (unpaired) electrons. The van der Waals surface area contributed by atoms with E-state index in [9.17, 15) is 5.11 Å².